The maximum absolute atomic E-state index is 11.7. The minimum Gasteiger partial charge on any atom is -0.349 e. The SMILES string of the molecule is C=CC(=O)NC1CCC=C(c2ncnc3[nH]cc(-c4ccc(C)cc4)c23)C1. The van der Waals surface area contributed by atoms with E-state index in [4.69, 9.17) is 0 Å². The molecule has 3 aromatic rings. The number of aromatic nitrogens is 3. The van der Waals surface area contributed by atoms with Crippen molar-refractivity contribution in [3.05, 3.63) is 66.8 Å². The molecular weight excluding hydrogens is 336 g/mol. The third kappa shape index (κ3) is 3.40. The fourth-order valence-electron chi connectivity index (χ4n) is 3.65. The third-order valence-electron chi connectivity index (χ3n) is 5.04. The molecule has 27 heavy (non-hydrogen) atoms. The van der Waals surface area contributed by atoms with Gasteiger partial charge < -0.3 is 10.3 Å². The number of benzene rings is 1. The molecule has 2 heterocycles. The molecule has 1 unspecified atom stereocenters. The number of allylic oxidation sites excluding steroid dienone is 1. The Labute approximate surface area is 158 Å². The van der Waals surface area contributed by atoms with Gasteiger partial charge in [0.2, 0.25) is 5.91 Å². The van der Waals surface area contributed by atoms with Crippen molar-refractivity contribution in [3.63, 3.8) is 0 Å². The van der Waals surface area contributed by atoms with Crippen molar-refractivity contribution >= 4 is 22.5 Å². The van der Waals surface area contributed by atoms with Crippen molar-refractivity contribution in [2.75, 3.05) is 0 Å². The lowest BCUT2D eigenvalue weighted by atomic mass is 9.90. The molecular formula is C22H22N4O. The number of aryl methyl sites for hydroxylation is 1. The van der Waals surface area contributed by atoms with Crippen LogP contribution in [-0.4, -0.2) is 26.9 Å². The molecule has 1 aliphatic carbocycles. The largest absolute Gasteiger partial charge is 0.349 e. The second-order valence-corrected chi connectivity index (χ2v) is 6.93. The molecule has 0 saturated heterocycles. The average Bonchev–Trinajstić information content (AvgIpc) is 3.13. The Morgan fingerprint density at radius 2 is 2.11 bits per heavy atom. The molecule has 136 valence electrons. The fourth-order valence-corrected chi connectivity index (χ4v) is 3.65. The molecule has 2 N–H and O–H groups in total. The van der Waals surface area contributed by atoms with Gasteiger partial charge in [0.15, 0.2) is 0 Å². The molecule has 5 nitrogen and oxygen atoms in total. The monoisotopic (exact) mass is 358 g/mol. The van der Waals surface area contributed by atoms with Crippen molar-refractivity contribution in [1.82, 2.24) is 20.3 Å². The first-order chi connectivity index (χ1) is 13.2. The zero-order chi connectivity index (χ0) is 18.8. The van der Waals surface area contributed by atoms with Crippen LogP contribution in [0.3, 0.4) is 0 Å². The van der Waals surface area contributed by atoms with E-state index in [1.165, 1.54) is 11.6 Å². The Bertz CT molecular complexity index is 1030. The van der Waals surface area contributed by atoms with Crippen molar-refractivity contribution in [3.8, 4) is 11.1 Å². The smallest absolute Gasteiger partial charge is 0.243 e. The summed E-state index contributed by atoms with van der Waals surface area (Å²) < 4.78 is 0. The minimum absolute atomic E-state index is 0.0993. The Hall–Kier alpha value is -3.21. The van der Waals surface area contributed by atoms with Gasteiger partial charge in [0.25, 0.3) is 0 Å². The van der Waals surface area contributed by atoms with E-state index in [2.05, 4.69) is 64.1 Å². The van der Waals surface area contributed by atoms with E-state index in [0.29, 0.717) is 0 Å². The summed E-state index contributed by atoms with van der Waals surface area (Å²) in [6.45, 7) is 5.62. The van der Waals surface area contributed by atoms with Gasteiger partial charge >= 0.3 is 0 Å². The summed E-state index contributed by atoms with van der Waals surface area (Å²) >= 11 is 0. The van der Waals surface area contributed by atoms with Gasteiger partial charge in [-0.1, -0.05) is 42.5 Å². The molecule has 0 fully saturated rings. The van der Waals surface area contributed by atoms with Crippen LogP contribution < -0.4 is 5.32 Å². The molecule has 0 saturated carbocycles. The molecule has 4 rings (SSSR count). The highest BCUT2D eigenvalue weighted by Gasteiger charge is 2.22. The van der Waals surface area contributed by atoms with E-state index in [1.54, 1.807) is 6.33 Å². The van der Waals surface area contributed by atoms with Crippen LogP contribution in [-0.2, 0) is 4.79 Å². The zero-order valence-electron chi connectivity index (χ0n) is 15.3. The van der Waals surface area contributed by atoms with Gasteiger partial charge in [-0.3, -0.25) is 4.79 Å². The number of carbonyl (C=O) groups excluding carboxylic acids is 1. The summed E-state index contributed by atoms with van der Waals surface area (Å²) in [5.41, 5.74) is 6.37. The average molecular weight is 358 g/mol. The second kappa shape index (κ2) is 7.19. The molecule has 1 atom stereocenters. The molecule has 1 aromatic carbocycles. The van der Waals surface area contributed by atoms with Gasteiger partial charge in [0, 0.05) is 17.8 Å². The van der Waals surface area contributed by atoms with Crippen LogP contribution in [0.2, 0.25) is 0 Å². The van der Waals surface area contributed by atoms with Gasteiger partial charge in [-0.2, -0.15) is 0 Å². The minimum atomic E-state index is -0.129. The lowest BCUT2D eigenvalue weighted by Gasteiger charge is -2.23. The summed E-state index contributed by atoms with van der Waals surface area (Å²) in [4.78, 5) is 24.0. The summed E-state index contributed by atoms with van der Waals surface area (Å²) in [7, 11) is 0. The number of fused-ring (bicyclic) bond motifs is 1. The van der Waals surface area contributed by atoms with Crippen LogP contribution >= 0.6 is 0 Å². The van der Waals surface area contributed by atoms with Crippen LogP contribution in [0.1, 0.15) is 30.5 Å². The highest BCUT2D eigenvalue weighted by atomic mass is 16.1. The third-order valence-corrected chi connectivity index (χ3v) is 5.04. The van der Waals surface area contributed by atoms with Crippen molar-refractivity contribution in [2.24, 2.45) is 0 Å². The molecule has 0 aliphatic heterocycles. The lowest BCUT2D eigenvalue weighted by molar-refractivity contribution is -0.117. The molecule has 0 radical (unpaired) electrons. The number of H-pyrrole nitrogens is 1. The fraction of sp³-hybridized carbons (Fsp3) is 0.227. The van der Waals surface area contributed by atoms with Crippen LogP contribution in [0, 0.1) is 6.92 Å². The van der Waals surface area contributed by atoms with Crippen LogP contribution in [0.25, 0.3) is 27.7 Å². The van der Waals surface area contributed by atoms with Crippen LogP contribution in [0.4, 0.5) is 0 Å². The van der Waals surface area contributed by atoms with E-state index < -0.39 is 0 Å². The maximum atomic E-state index is 11.7. The van der Waals surface area contributed by atoms with Gasteiger partial charge in [0.1, 0.15) is 12.0 Å². The number of aromatic amines is 1. The van der Waals surface area contributed by atoms with E-state index in [9.17, 15) is 4.79 Å². The normalized spacial score (nSPS) is 16.8. The molecule has 1 aliphatic rings. The Kier molecular flexibility index (Phi) is 4.59. The summed E-state index contributed by atoms with van der Waals surface area (Å²) in [5, 5.41) is 4.04. The Balaban J connectivity index is 1.75. The van der Waals surface area contributed by atoms with Crippen LogP contribution in [0.5, 0.6) is 0 Å². The van der Waals surface area contributed by atoms with E-state index in [1.807, 2.05) is 6.20 Å². The Morgan fingerprint density at radius 3 is 2.89 bits per heavy atom. The maximum Gasteiger partial charge on any atom is 0.243 e. The topological polar surface area (TPSA) is 70.7 Å². The number of carbonyl (C=O) groups is 1. The first-order valence-electron chi connectivity index (χ1n) is 9.17. The van der Waals surface area contributed by atoms with E-state index in [0.717, 1.165) is 52.7 Å². The molecule has 2 aromatic heterocycles. The van der Waals surface area contributed by atoms with Gasteiger partial charge in [-0.25, -0.2) is 9.97 Å². The first kappa shape index (κ1) is 17.2. The van der Waals surface area contributed by atoms with Crippen molar-refractivity contribution in [2.45, 2.75) is 32.2 Å². The standard InChI is InChI=1S/C22H22N4O/c1-3-19(27)26-17-6-4-5-16(11-17)21-20-18(12-23-22(20)25-13-24-21)15-9-7-14(2)8-10-15/h3,5,7-10,12-13,17H,1,4,6,11H2,2H3,(H,26,27)(H,23,24,25). The number of amides is 1. The highest BCUT2D eigenvalue weighted by molar-refractivity contribution is 6.00. The van der Waals surface area contributed by atoms with Gasteiger partial charge in [0.05, 0.1) is 11.1 Å². The number of hydrogen-bond donors (Lipinski definition) is 2. The molecule has 1 amide bonds. The number of nitrogens with one attached hydrogen (secondary N) is 2. The van der Waals surface area contributed by atoms with Crippen molar-refractivity contribution < 1.29 is 4.79 Å². The molecule has 0 spiro atoms. The second-order valence-electron chi connectivity index (χ2n) is 6.93. The van der Waals surface area contributed by atoms with E-state index in [-0.39, 0.29) is 11.9 Å². The molecule has 0 bridgehead atoms. The number of hydrogen-bond acceptors (Lipinski definition) is 3. The first-order valence-corrected chi connectivity index (χ1v) is 9.17. The zero-order valence-corrected chi connectivity index (χ0v) is 15.3. The lowest BCUT2D eigenvalue weighted by Crippen LogP contribution is -2.34. The van der Waals surface area contributed by atoms with Gasteiger partial charge in [-0.05, 0) is 43.4 Å². The Morgan fingerprint density at radius 1 is 1.30 bits per heavy atom. The summed E-state index contributed by atoms with van der Waals surface area (Å²) in [5.74, 6) is -0.129. The number of rotatable bonds is 4. The summed E-state index contributed by atoms with van der Waals surface area (Å²) in [6.07, 6.45) is 9.73. The predicted molar refractivity (Wildman–Crippen MR) is 108 cm³/mol. The van der Waals surface area contributed by atoms with Gasteiger partial charge in [-0.15, -0.1) is 0 Å². The number of nitrogens with zero attached hydrogens (tertiary/aromatic N) is 2. The van der Waals surface area contributed by atoms with E-state index >= 15 is 0 Å². The van der Waals surface area contributed by atoms with Crippen molar-refractivity contribution in [1.29, 1.82) is 0 Å². The summed E-state index contributed by atoms with van der Waals surface area (Å²) in [6, 6.07) is 8.56. The van der Waals surface area contributed by atoms with Crippen LogP contribution in [0.15, 0.2) is 55.5 Å². The highest BCUT2D eigenvalue weighted by Crippen LogP contribution is 2.35. The molecule has 5 heteroatoms. The quantitative estimate of drug-likeness (QED) is 0.688. The predicted octanol–water partition coefficient (Wildman–Crippen LogP) is 4.17.